The number of carbonyl (C=O) groups excluding carboxylic acids is 1. The van der Waals surface area contributed by atoms with Gasteiger partial charge in [-0.2, -0.15) is 0 Å². The second-order valence-electron chi connectivity index (χ2n) is 5.62. The molecule has 0 spiro atoms. The molecule has 0 aliphatic carbocycles. The van der Waals surface area contributed by atoms with Crippen molar-refractivity contribution < 1.29 is 9.53 Å². The molecule has 2 atom stereocenters. The summed E-state index contributed by atoms with van der Waals surface area (Å²) < 4.78 is 4.84. The first kappa shape index (κ1) is 14.8. The Morgan fingerprint density at radius 1 is 1.14 bits per heavy atom. The van der Waals surface area contributed by atoms with Crippen molar-refractivity contribution in [3.8, 4) is 11.1 Å². The van der Waals surface area contributed by atoms with E-state index in [1.165, 1.54) is 23.8 Å². The number of nitrogens with two attached hydrogens (primary N) is 1. The summed E-state index contributed by atoms with van der Waals surface area (Å²) in [5, 5.41) is 1.60. The molecule has 22 heavy (non-hydrogen) atoms. The van der Waals surface area contributed by atoms with E-state index in [1.54, 1.807) is 5.01 Å². The van der Waals surface area contributed by atoms with E-state index >= 15 is 0 Å². The Labute approximate surface area is 130 Å². The average molecular weight is 296 g/mol. The van der Waals surface area contributed by atoms with E-state index in [-0.39, 0.29) is 17.9 Å². The van der Waals surface area contributed by atoms with Gasteiger partial charge in [0.1, 0.15) is 6.04 Å². The molecule has 2 N–H and O–H groups in total. The maximum Gasteiger partial charge on any atom is 0.324 e. The molecule has 4 nitrogen and oxygen atoms in total. The molecule has 4 heteroatoms. The van der Waals surface area contributed by atoms with Crippen LogP contribution in [0.5, 0.6) is 0 Å². The highest BCUT2D eigenvalue weighted by molar-refractivity contribution is 5.76. The van der Waals surface area contributed by atoms with E-state index < -0.39 is 0 Å². The third-order valence-corrected chi connectivity index (χ3v) is 4.30. The molecule has 114 valence electrons. The number of hydrogen-bond donors (Lipinski definition) is 1. The lowest BCUT2D eigenvalue weighted by Crippen LogP contribution is -2.41. The molecule has 0 amide bonds. The number of benzene rings is 2. The zero-order chi connectivity index (χ0) is 15.5. The summed E-state index contributed by atoms with van der Waals surface area (Å²) in [4.78, 5) is 11.8. The van der Waals surface area contributed by atoms with Crippen LogP contribution in [-0.2, 0) is 9.53 Å². The van der Waals surface area contributed by atoms with E-state index in [4.69, 9.17) is 10.6 Å². The average Bonchev–Trinajstić information content (AvgIpc) is 2.96. The van der Waals surface area contributed by atoms with Gasteiger partial charge < -0.3 is 4.74 Å². The Kier molecular flexibility index (Phi) is 4.22. The molecule has 2 aromatic rings. The van der Waals surface area contributed by atoms with Crippen molar-refractivity contribution >= 4 is 5.97 Å². The maximum absolute atomic E-state index is 11.8. The van der Waals surface area contributed by atoms with Gasteiger partial charge in [0.15, 0.2) is 0 Å². The summed E-state index contributed by atoms with van der Waals surface area (Å²) >= 11 is 0. The molecular weight excluding hydrogens is 276 g/mol. The smallest absolute Gasteiger partial charge is 0.324 e. The summed E-state index contributed by atoms with van der Waals surface area (Å²) in [7, 11) is 1.40. The maximum atomic E-state index is 11.8. The number of ether oxygens (including phenoxy) is 1. The summed E-state index contributed by atoms with van der Waals surface area (Å²) in [5.41, 5.74) is 3.62. The predicted octanol–water partition coefficient (Wildman–Crippen LogP) is 2.56. The lowest BCUT2D eigenvalue weighted by molar-refractivity contribution is -0.145. The molecule has 0 unspecified atom stereocenters. The Morgan fingerprint density at radius 2 is 1.82 bits per heavy atom. The molecule has 0 bridgehead atoms. The first-order valence-corrected chi connectivity index (χ1v) is 7.44. The van der Waals surface area contributed by atoms with Crippen molar-refractivity contribution in [2.45, 2.75) is 18.4 Å². The molecule has 3 rings (SSSR count). The van der Waals surface area contributed by atoms with Crippen molar-refractivity contribution in [3.05, 3.63) is 60.2 Å². The fraction of sp³-hybridized carbons (Fsp3) is 0.278. The topological polar surface area (TPSA) is 55.6 Å². The molecule has 1 fully saturated rings. The van der Waals surface area contributed by atoms with Crippen LogP contribution < -0.4 is 5.84 Å². The fourth-order valence-corrected chi connectivity index (χ4v) is 3.19. The van der Waals surface area contributed by atoms with E-state index in [1.807, 2.05) is 30.3 Å². The Balaban J connectivity index is 1.92. The Morgan fingerprint density at radius 3 is 2.55 bits per heavy atom. The standard InChI is InChI=1S/C18H20N2O2/c1-22-18(21)17-11-14(12-20(17)19)16-10-6-5-9-15(16)13-7-3-2-4-8-13/h2-10,14,17H,11-12,19H2,1H3/t14-,17+/m1/s1. The van der Waals surface area contributed by atoms with E-state index in [2.05, 4.69) is 24.3 Å². The van der Waals surface area contributed by atoms with Gasteiger partial charge in [0.05, 0.1) is 7.11 Å². The van der Waals surface area contributed by atoms with Gasteiger partial charge in [-0.3, -0.25) is 10.6 Å². The van der Waals surface area contributed by atoms with E-state index in [9.17, 15) is 4.79 Å². The zero-order valence-electron chi connectivity index (χ0n) is 12.6. The van der Waals surface area contributed by atoms with Gasteiger partial charge in [0.2, 0.25) is 0 Å². The van der Waals surface area contributed by atoms with Crippen LogP contribution >= 0.6 is 0 Å². The number of carbonyl (C=O) groups is 1. The van der Waals surface area contributed by atoms with Gasteiger partial charge in [-0.25, -0.2) is 5.01 Å². The highest BCUT2D eigenvalue weighted by atomic mass is 16.5. The van der Waals surface area contributed by atoms with Crippen LogP contribution in [0.15, 0.2) is 54.6 Å². The Hall–Kier alpha value is -2.17. The number of esters is 1. The van der Waals surface area contributed by atoms with Crippen LogP contribution in [0.2, 0.25) is 0 Å². The molecule has 1 heterocycles. The minimum Gasteiger partial charge on any atom is -0.468 e. The summed E-state index contributed by atoms with van der Waals surface area (Å²) in [6, 6.07) is 18.2. The van der Waals surface area contributed by atoms with Crippen LogP contribution in [-0.4, -0.2) is 30.7 Å². The van der Waals surface area contributed by atoms with Crippen LogP contribution in [0, 0.1) is 0 Å². The number of hydrazine groups is 1. The van der Waals surface area contributed by atoms with Crippen LogP contribution in [0.25, 0.3) is 11.1 Å². The van der Waals surface area contributed by atoms with Crippen LogP contribution in [0.4, 0.5) is 0 Å². The highest BCUT2D eigenvalue weighted by Gasteiger charge is 2.37. The molecule has 0 aromatic heterocycles. The van der Waals surface area contributed by atoms with Gasteiger partial charge in [-0.05, 0) is 23.1 Å². The minimum atomic E-state index is -0.362. The third kappa shape index (κ3) is 2.75. The lowest BCUT2D eigenvalue weighted by Gasteiger charge is -2.16. The molecule has 1 saturated heterocycles. The van der Waals surface area contributed by atoms with Crippen molar-refractivity contribution in [2.24, 2.45) is 5.84 Å². The number of rotatable bonds is 3. The van der Waals surface area contributed by atoms with Crippen molar-refractivity contribution in [3.63, 3.8) is 0 Å². The number of nitrogens with zero attached hydrogens (tertiary/aromatic N) is 1. The second kappa shape index (κ2) is 6.30. The molecule has 2 aromatic carbocycles. The molecule has 0 saturated carbocycles. The number of methoxy groups -OCH3 is 1. The minimum absolute atomic E-state index is 0.227. The summed E-state index contributed by atoms with van der Waals surface area (Å²) in [6.07, 6.45) is 0.688. The molecule has 1 aliphatic rings. The van der Waals surface area contributed by atoms with Crippen molar-refractivity contribution in [2.75, 3.05) is 13.7 Å². The first-order chi connectivity index (χ1) is 10.7. The molecule has 1 aliphatic heterocycles. The second-order valence-corrected chi connectivity index (χ2v) is 5.62. The predicted molar refractivity (Wildman–Crippen MR) is 85.9 cm³/mol. The van der Waals surface area contributed by atoms with Crippen LogP contribution in [0.3, 0.4) is 0 Å². The van der Waals surface area contributed by atoms with Gasteiger partial charge in [0.25, 0.3) is 0 Å². The Bertz CT molecular complexity index is 657. The zero-order valence-corrected chi connectivity index (χ0v) is 12.6. The molecular formula is C18H20N2O2. The largest absolute Gasteiger partial charge is 0.468 e. The van der Waals surface area contributed by atoms with Crippen LogP contribution in [0.1, 0.15) is 17.9 Å². The fourth-order valence-electron chi connectivity index (χ4n) is 3.19. The monoisotopic (exact) mass is 296 g/mol. The van der Waals surface area contributed by atoms with E-state index in [0.29, 0.717) is 13.0 Å². The first-order valence-electron chi connectivity index (χ1n) is 7.44. The normalized spacial score (nSPS) is 21.7. The van der Waals surface area contributed by atoms with Gasteiger partial charge in [-0.1, -0.05) is 54.6 Å². The van der Waals surface area contributed by atoms with E-state index in [0.717, 1.165) is 0 Å². The lowest BCUT2D eigenvalue weighted by atomic mass is 9.89. The third-order valence-electron chi connectivity index (χ3n) is 4.30. The highest BCUT2D eigenvalue weighted by Crippen LogP contribution is 2.36. The van der Waals surface area contributed by atoms with Gasteiger partial charge in [0, 0.05) is 12.5 Å². The van der Waals surface area contributed by atoms with Gasteiger partial charge in [-0.15, -0.1) is 0 Å². The number of hydrogen-bond acceptors (Lipinski definition) is 4. The molecule has 0 radical (unpaired) electrons. The van der Waals surface area contributed by atoms with Crippen molar-refractivity contribution in [1.82, 2.24) is 5.01 Å². The van der Waals surface area contributed by atoms with Crippen molar-refractivity contribution in [1.29, 1.82) is 0 Å². The summed E-state index contributed by atoms with van der Waals surface area (Å²) in [6.45, 7) is 0.656. The summed E-state index contributed by atoms with van der Waals surface area (Å²) in [5.74, 6) is 5.97. The van der Waals surface area contributed by atoms with Gasteiger partial charge >= 0.3 is 5.97 Å². The quantitative estimate of drug-likeness (QED) is 0.698. The SMILES string of the molecule is COC(=O)[C@@H]1C[C@@H](c2ccccc2-c2ccccc2)CN1N.